The number of rotatable bonds is 3. The van der Waals surface area contributed by atoms with Crippen LogP contribution in [0, 0.1) is 0 Å². The molecule has 1 heterocycles. The molecule has 136 valence electrons. The number of anilines is 1. The van der Waals surface area contributed by atoms with Crippen LogP contribution in [0.4, 0.5) is 5.69 Å². The Labute approximate surface area is 169 Å². The van der Waals surface area contributed by atoms with Crippen LogP contribution in [0.3, 0.4) is 0 Å². The van der Waals surface area contributed by atoms with Gasteiger partial charge in [-0.2, -0.15) is 0 Å². The van der Waals surface area contributed by atoms with Crippen molar-refractivity contribution < 1.29 is 14.4 Å². The highest BCUT2D eigenvalue weighted by atomic mass is 79.9. The Bertz CT molecular complexity index is 863. The van der Waals surface area contributed by atoms with Gasteiger partial charge in [-0.1, -0.05) is 29.8 Å². The van der Waals surface area contributed by atoms with Crippen LogP contribution in [0.15, 0.2) is 53.0 Å². The lowest BCUT2D eigenvalue weighted by Gasteiger charge is -2.33. The van der Waals surface area contributed by atoms with E-state index in [2.05, 4.69) is 21.4 Å². The third-order valence-electron chi connectivity index (χ3n) is 3.66. The smallest absolute Gasteiger partial charge is 0.271 e. The molecule has 0 aromatic heterocycles. The van der Waals surface area contributed by atoms with Crippen molar-refractivity contribution in [3.8, 4) is 0 Å². The minimum atomic E-state index is -0.468. The van der Waals surface area contributed by atoms with Crippen molar-refractivity contribution in [2.75, 3.05) is 18.0 Å². The molecule has 2 aromatic carbocycles. The minimum absolute atomic E-state index is 0. The Morgan fingerprint density at radius 3 is 2.46 bits per heavy atom. The van der Waals surface area contributed by atoms with E-state index in [1.165, 1.54) is 4.90 Å². The van der Waals surface area contributed by atoms with E-state index in [4.69, 9.17) is 11.6 Å². The molecule has 3 rings (SSSR count). The largest absolute Gasteiger partial charge is 0.301 e. The van der Waals surface area contributed by atoms with Crippen molar-refractivity contribution >= 4 is 63.3 Å². The number of amides is 3. The standard InChI is InChI=1S/C17H13BrClN3O3.ClH/c18-14-7-2-1-6-13(14)17(25)20-22-10-15(23)21(9-16(22)24)12-5-3-4-11(19)8-12;/h1-8H,9-10H2,(H,20,25);1H. The lowest BCUT2D eigenvalue weighted by Crippen LogP contribution is -2.59. The van der Waals surface area contributed by atoms with E-state index in [0.29, 0.717) is 20.7 Å². The van der Waals surface area contributed by atoms with Crippen LogP contribution >= 0.6 is 39.9 Å². The Morgan fingerprint density at radius 1 is 1.04 bits per heavy atom. The van der Waals surface area contributed by atoms with Crippen LogP contribution in [0.5, 0.6) is 0 Å². The van der Waals surface area contributed by atoms with Gasteiger partial charge < -0.3 is 4.90 Å². The van der Waals surface area contributed by atoms with E-state index in [1.807, 2.05) is 0 Å². The van der Waals surface area contributed by atoms with Crippen LogP contribution in [0.1, 0.15) is 10.4 Å². The van der Waals surface area contributed by atoms with Crippen LogP contribution in [0.25, 0.3) is 0 Å². The normalized spacial score (nSPS) is 14.1. The van der Waals surface area contributed by atoms with Gasteiger partial charge in [0.1, 0.15) is 13.1 Å². The number of benzene rings is 2. The van der Waals surface area contributed by atoms with Gasteiger partial charge >= 0.3 is 0 Å². The molecule has 0 unspecified atom stereocenters. The number of carbonyl (C=O) groups excluding carboxylic acids is 3. The third kappa shape index (κ3) is 4.35. The van der Waals surface area contributed by atoms with Crippen molar-refractivity contribution in [1.82, 2.24) is 10.4 Å². The van der Waals surface area contributed by atoms with Crippen molar-refractivity contribution in [3.63, 3.8) is 0 Å². The van der Waals surface area contributed by atoms with Crippen LogP contribution in [0.2, 0.25) is 5.02 Å². The fourth-order valence-corrected chi connectivity index (χ4v) is 3.08. The monoisotopic (exact) mass is 457 g/mol. The zero-order valence-corrected chi connectivity index (χ0v) is 16.5. The first-order chi connectivity index (χ1) is 12.0. The summed E-state index contributed by atoms with van der Waals surface area (Å²) in [6, 6.07) is 13.5. The molecule has 0 saturated carbocycles. The summed E-state index contributed by atoms with van der Waals surface area (Å²) in [5, 5.41) is 1.51. The van der Waals surface area contributed by atoms with Crippen LogP contribution in [-0.4, -0.2) is 35.8 Å². The zero-order valence-electron chi connectivity index (χ0n) is 13.3. The van der Waals surface area contributed by atoms with E-state index in [-0.39, 0.29) is 37.3 Å². The third-order valence-corrected chi connectivity index (χ3v) is 4.59. The van der Waals surface area contributed by atoms with Crippen LogP contribution in [-0.2, 0) is 9.59 Å². The van der Waals surface area contributed by atoms with Gasteiger partial charge in [0.25, 0.3) is 11.8 Å². The SMILES string of the molecule is Cl.O=C(NN1CC(=O)N(c2cccc(Cl)c2)CC1=O)c1ccccc1Br. The summed E-state index contributed by atoms with van der Waals surface area (Å²) in [5.41, 5.74) is 3.40. The summed E-state index contributed by atoms with van der Waals surface area (Å²) >= 11 is 9.22. The van der Waals surface area contributed by atoms with E-state index >= 15 is 0 Å². The van der Waals surface area contributed by atoms with Crippen molar-refractivity contribution in [2.45, 2.75) is 0 Å². The lowest BCUT2D eigenvalue weighted by molar-refractivity contribution is -0.140. The Kier molecular flexibility index (Phi) is 6.63. The molecule has 0 aliphatic carbocycles. The molecule has 26 heavy (non-hydrogen) atoms. The number of carbonyl (C=O) groups is 3. The number of nitrogens with one attached hydrogen (secondary N) is 1. The highest BCUT2D eigenvalue weighted by Crippen LogP contribution is 2.22. The summed E-state index contributed by atoms with van der Waals surface area (Å²) in [6.07, 6.45) is 0. The predicted octanol–water partition coefficient (Wildman–Crippen LogP) is 3.04. The molecule has 1 N–H and O–H groups in total. The predicted molar refractivity (Wildman–Crippen MR) is 104 cm³/mol. The molecule has 1 aliphatic heterocycles. The van der Waals surface area contributed by atoms with Gasteiger partial charge in [-0.05, 0) is 46.3 Å². The first kappa shape index (κ1) is 20.2. The quantitative estimate of drug-likeness (QED) is 0.768. The molecule has 0 atom stereocenters. The Balaban J connectivity index is 0.00000243. The fourth-order valence-electron chi connectivity index (χ4n) is 2.43. The topological polar surface area (TPSA) is 69.7 Å². The first-order valence-electron chi connectivity index (χ1n) is 7.37. The van der Waals surface area contributed by atoms with E-state index in [0.717, 1.165) is 5.01 Å². The number of hydrazine groups is 1. The van der Waals surface area contributed by atoms with E-state index < -0.39 is 5.91 Å². The van der Waals surface area contributed by atoms with Gasteiger partial charge in [-0.3, -0.25) is 19.8 Å². The van der Waals surface area contributed by atoms with Gasteiger partial charge in [0.05, 0.1) is 5.56 Å². The molecular formula is C17H14BrCl2N3O3. The number of hydrogen-bond acceptors (Lipinski definition) is 3. The molecule has 0 bridgehead atoms. The van der Waals surface area contributed by atoms with E-state index in [1.54, 1.807) is 48.5 Å². The summed E-state index contributed by atoms with van der Waals surface area (Å²) in [4.78, 5) is 38.4. The zero-order chi connectivity index (χ0) is 18.0. The summed E-state index contributed by atoms with van der Waals surface area (Å²) in [7, 11) is 0. The van der Waals surface area contributed by atoms with Crippen molar-refractivity contribution in [1.29, 1.82) is 0 Å². The maximum atomic E-state index is 12.4. The molecule has 0 radical (unpaired) electrons. The molecular weight excluding hydrogens is 445 g/mol. The van der Waals surface area contributed by atoms with E-state index in [9.17, 15) is 14.4 Å². The van der Waals surface area contributed by atoms with Crippen molar-refractivity contribution in [2.24, 2.45) is 0 Å². The maximum Gasteiger partial charge on any atom is 0.271 e. The number of nitrogens with zero attached hydrogens (tertiary/aromatic N) is 2. The second-order valence-electron chi connectivity index (χ2n) is 5.36. The lowest BCUT2D eigenvalue weighted by atomic mass is 10.2. The molecule has 1 saturated heterocycles. The van der Waals surface area contributed by atoms with Gasteiger partial charge in [-0.15, -0.1) is 12.4 Å². The molecule has 1 fully saturated rings. The van der Waals surface area contributed by atoms with Gasteiger partial charge in [-0.25, -0.2) is 5.01 Å². The van der Waals surface area contributed by atoms with Crippen LogP contribution < -0.4 is 10.3 Å². The summed E-state index contributed by atoms with van der Waals surface area (Å²) in [6.45, 7) is -0.420. The minimum Gasteiger partial charge on any atom is -0.301 e. The second-order valence-corrected chi connectivity index (χ2v) is 6.65. The average Bonchev–Trinajstić information content (AvgIpc) is 2.58. The molecule has 0 spiro atoms. The van der Waals surface area contributed by atoms with Gasteiger partial charge in [0, 0.05) is 15.2 Å². The van der Waals surface area contributed by atoms with Gasteiger partial charge in [0.15, 0.2) is 0 Å². The summed E-state index contributed by atoms with van der Waals surface area (Å²) in [5.74, 6) is -1.17. The molecule has 3 amide bonds. The van der Waals surface area contributed by atoms with Crippen molar-refractivity contribution in [3.05, 3.63) is 63.6 Å². The first-order valence-corrected chi connectivity index (χ1v) is 8.54. The highest BCUT2D eigenvalue weighted by Gasteiger charge is 2.32. The Morgan fingerprint density at radius 2 is 1.77 bits per heavy atom. The maximum absolute atomic E-state index is 12.4. The number of hydrogen-bond donors (Lipinski definition) is 1. The second kappa shape index (κ2) is 8.53. The molecule has 6 nitrogen and oxygen atoms in total. The average molecular weight is 459 g/mol. The molecule has 1 aliphatic rings. The van der Waals surface area contributed by atoms with Gasteiger partial charge in [0.2, 0.25) is 5.91 Å². The number of halogens is 3. The molecule has 9 heteroatoms. The Hall–Kier alpha value is -2.09. The molecule has 2 aromatic rings. The highest BCUT2D eigenvalue weighted by molar-refractivity contribution is 9.10. The number of piperazine rings is 1. The fraction of sp³-hybridized carbons (Fsp3) is 0.118. The summed E-state index contributed by atoms with van der Waals surface area (Å²) < 4.78 is 0.601.